The minimum absolute atomic E-state index is 0.0545. The van der Waals surface area contributed by atoms with E-state index in [4.69, 9.17) is 5.73 Å². The van der Waals surface area contributed by atoms with Gasteiger partial charge in [0, 0.05) is 19.1 Å². The summed E-state index contributed by atoms with van der Waals surface area (Å²) in [5, 5.41) is 0. The third kappa shape index (κ3) is 6.47. The van der Waals surface area contributed by atoms with Gasteiger partial charge in [-0.1, -0.05) is 34.6 Å². The molecule has 3 heteroatoms. The monoisotopic (exact) mass is 291 g/mol. The van der Waals surface area contributed by atoms with Gasteiger partial charge in [-0.05, 0) is 43.2 Å². The van der Waals surface area contributed by atoms with Gasteiger partial charge in [0.05, 0.1) is 17.6 Å². The van der Waals surface area contributed by atoms with Crippen molar-refractivity contribution in [3.8, 4) is 0 Å². The van der Waals surface area contributed by atoms with Crippen molar-refractivity contribution in [3.63, 3.8) is 0 Å². The van der Waals surface area contributed by atoms with E-state index in [1.165, 1.54) is 18.5 Å². The maximum absolute atomic E-state index is 6.04. The number of hydrogen-bond donors (Lipinski definition) is 1. The predicted molar refractivity (Wildman–Crippen MR) is 92.6 cm³/mol. The summed E-state index contributed by atoms with van der Waals surface area (Å²) >= 11 is 0. The smallest absolute Gasteiger partial charge is 0.0572 e. The zero-order valence-electron chi connectivity index (χ0n) is 14.5. The highest BCUT2D eigenvalue weighted by Gasteiger charge is 2.11. The summed E-state index contributed by atoms with van der Waals surface area (Å²) in [5.74, 6) is 1.46. The van der Waals surface area contributed by atoms with Crippen molar-refractivity contribution in [1.29, 1.82) is 0 Å². The fourth-order valence-electron chi connectivity index (χ4n) is 2.21. The van der Waals surface area contributed by atoms with Crippen molar-refractivity contribution in [2.45, 2.75) is 59.9 Å². The maximum Gasteiger partial charge on any atom is 0.0572 e. The van der Waals surface area contributed by atoms with Crippen LogP contribution in [0.3, 0.4) is 0 Å². The number of anilines is 1. The van der Waals surface area contributed by atoms with Crippen LogP contribution in [0.15, 0.2) is 18.3 Å². The molecule has 1 aromatic rings. The minimum atomic E-state index is 0.0545. The van der Waals surface area contributed by atoms with E-state index in [9.17, 15) is 0 Å². The van der Waals surface area contributed by atoms with Crippen molar-refractivity contribution in [2.75, 3.05) is 18.0 Å². The summed E-state index contributed by atoms with van der Waals surface area (Å²) in [4.78, 5) is 7.02. The summed E-state index contributed by atoms with van der Waals surface area (Å²) in [6, 6.07) is 4.32. The van der Waals surface area contributed by atoms with Crippen molar-refractivity contribution in [3.05, 3.63) is 24.0 Å². The minimum Gasteiger partial charge on any atom is -0.370 e. The molecule has 3 nitrogen and oxygen atoms in total. The van der Waals surface area contributed by atoms with Gasteiger partial charge in [-0.25, -0.2) is 0 Å². The van der Waals surface area contributed by atoms with E-state index >= 15 is 0 Å². The van der Waals surface area contributed by atoms with Crippen molar-refractivity contribution < 1.29 is 0 Å². The molecule has 0 aliphatic rings. The normalized spacial score (nSPS) is 13.0. The van der Waals surface area contributed by atoms with Crippen LogP contribution >= 0.6 is 0 Å². The quantitative estimate of drug-likeness (QED) is 0.733. The third-order valence-electron chi connectivity index (χ3n) is 3.91. The largest absolute Gasteiger partial charge is 0.370 e. The Bertz CT molecular complexity index is 372. The molecular formula is C18H33N3. The fraction of sp³-hybridized carbons (Fsp3) is 0.722. The maximum atomic E-state index is 6.04. The van der Waals surface area contributed by atoms with Crippen LogP contribution in [0.4, 0.5) is 5.69 Å². The summed E-state index contributed by atoms with van der Waals surface area (Å²) in [6.07, 6.45) is 5.35. The molecule has 1 atom stereocenters. The van der Waals surface area contributed by atoms with E-state index in [-0.39, 0.29) is 6.04 Å². The second-order valence-corrected chi connectivity index (χ2v) is 6.81. The Labute approximate surface area is 130 Å². The van der Waals surface area contributed by atoms with Gasteiger partial charge < -0.3 is 10.6 Å². The number of aromatic nitrogens is 1. The average Bonchev–Trinajstić information content (AvgIpc) is 2.46. The average molecular weight is 291 g/mol. The predicted octanol–water partition coefficient (Wildman–Crippen LogP) is 4.39. The van der Waals surface area contributed by atoms with Gasteiger partial charge in [0.2, 0.25) is 0 Å². The molecule has 0 fully saturated rings. The summed E-state index contributed by atoms with van der Waals surface area (Å²) in [5.41, 5.74) is 8.26. The number of pyridine rings is 1. The van der Waals surface area contributed by atoms with Crippen molar-refractivity contribution >= 4 is 5.69 Å². The first-order chi connectivity index (χ1) is 9.93. The Morgan fingerprint density at radius 3 is 2.00 bits per heavy atom. The molecule has 0 aliphatic carbocycles. The van der Waals surface area contributed by atoms with E-state index in [0.717, 1.165) is 37.0 Å². The van der Waals surface area contributed by atoms with E-state index in [0.29, 0.717) is 0 Å². The Morgan fingerprint density at radius 1 is 1.05 bits per heavy atom. The molecule has 1 aromatic heterocycles. The van der Waals surface area contributed by atoms with Gasteiger partial charge in [-0.3, -0.25) is 4.98 Å². The molecule has 0 aliphatic heterocycles. The Hall–Kier alpha value is -1.09. The van der Waals surface area contributed by atoms with Crippen molar-refractivity contribution in [1.82, 2.24) is 4.98 Å². The highest BCUT2D eigenvalue weighted by molar-refractivity contribution is 5.44. The molecule has 0 radical (unpaired) electrons. The van der Waals surface area contributed by atoms with Crippen LogP contribution in [0.25, 0.3) is 0 Å². The highest BCUT2D eigenvalue weighted by Crippen LogP contribution is 2.19. The second-order valence-electron chi connectivity index (χ2n) is 6.81. The van der Waals surface area contributed by atoms with E-state index in [2.05, 4.69) is 56.6 Å². The Morgan fingerprint density at radius 2 is 1.62 bits per heavy atom. The molecule has 1 rings (SSSR count). The molecule has 0 bridgehead atoms. The third-order valence-corrected chi connectivity index (χ3v) is 3.91. The molecule has 0 saturated heterocycles. The number of nitrogens with zero attached hydrogens (tertiary/aromatic N) is 2. The molecule has 0 amide bonds. The summed E-state index contributed by atoms with van der Waals surface area (Å²) in [6.45, 7) is 13.4. The van der Waals surface area contributed by atoms with Gasteiger partial charge in [-0.2, -0.15) is 0 Å². The first kappa shape index (κ1) is 18.0. The topological polar surface area (TPSA) is 42.1 Å². The van der Waals surface area contributed by atoms with Gasteiger partial charge >= 0.3 is 0 Å². The molecular weight excluding hydrogens is 258 g/mol. The zero-order chi connectivity index (χ0) is 15.8. The highest BCUT2D eigenvalue weighted by atomic mass is 15.1. The molecule has 2 N–H and O–H groups in total. The molecule has 1 heterocycles. The first-order valence-electron chi connectivity index (χ1n) is 8.40. The summed E-state index contributed by atoms with van der Waals surface area (Å²) in [7, 11) is 0. The van der Waals surface area contributed by atoms with Gasteiger partial charge in [0.15, 0.2) is 0 Å². The van der Waals surface area contributed by atoms with Crippen LogP contribution in [-0.2, 0) is 0 Å². The molecule has 0 aromatic carbocycles. The van der Waals surface area contributed by atoms with Crippen LogP contribution in [0.1, 0.15) is 65.6 Å². The lowest BCUT2D eigenvalue weighted by Gasteiger charge is -2.26. The number of nitrogens with two attached hydrogens (primary N) is 1. The van der Waals surface area contributed by atoms with E-state index in [1.807, 2.05) is 6.20 Å². The van der Waals surface area contributed by atoms with Crippen LogP contribution in [0.2, 0.25) is 0 Å². The van der Waals surface area contributed by atoms with Gasteiger partial charge in [-0.15, -0.1) is 0 Å². The van der Waals surface area contributed by atoms with E-state index in [1.54, 1.807) is 0 Å². The molecule has 21 heavy (non-hydrogen) atoms. The van der Waals surface area contributed by atoms with Crippen molar-refractivity contribution in [2.24, 2.45) is 17.6 Å². The van der Waals surface area contributed by atoms with Gasteiger partial charge in [0.1, 0.15) is 0 Å². The van der Waals surface area contributed by atoms with Crippen LogP contribution in [0, 0.1) is 11.8 Å². The fourth-order valence-corrected chi connectivity index (χ4v) is 2.21. The molecule has 120 valence electrons. The van der Waals surface area contributed by atoms with Crippen LogP contribution in [-0.4, -0.2) is 18.1 Å². The van der Waals surface area contributed by atoms with Crippen LogP contribution in [0.5, 0.6) is 0 Å². The molecule has 0 saturated carbocycles. The molecule has 1 unspecified atom stereocenters. The Balaban J connectivity index is 2.75. The first-order valence-corrected chi connectivity index (χ1v) is 8.40. The lowest BCUT2D eigenvalue weighted by atomic mass is 10.1. The lowest BCUT2D eigenvalue weighted by Crippen LogP contribution is -2.27. The SMILES string of the molecule is CCC(N)c1ccc(N(CCC(C)C)CCC(C)C)cn1. The molecule has 0 spiro atoms. The number of hydrogen-bond acceptors (Lipinski definition) is 3. The second kappa shape index (κ2) is 9.04. The Kier molecular flexibility index (Phi) is 7.73. The standard InChI is InChI=1S/C18H33N3/c1-6-17(19)18-8-7-16(13-20-18)21(11-9-14(2)3)12-10-15(4)5/h7-8,13-15,17H,6,9-12,19H2,1-5H3. The lowest BCUT2D eigenvalue weighted by molar-refractivity contribution is 0.535. The van der Waals surface area contributed by atoms with Crippen LogP contribution < -0.4 is 10.6 Å². The van der Waals surface area contributed by atoms with Gasteiger partial charge in [0.25, 0.3) is 0 Å². The zero-order valence-corrected chi connectivity index (χ0v) is 14.5. The summed E-state index contributed by atoms with van der Waals surface area (Å²) < 4.78 is 0. The van der Waals surface area contributed by atoms with E-state index < -0.39 is 0 Å². The number of rotatable bonds is 9.